The third-order valence-corrected chi connectivity index (χ3v) is 3.36. The first-order chi connectivity index (χ1) is 7.95. The molecule has 0 saturated heterocycles. The highest BCUT2D eigenvalue weighted by molar-refractivity contribution is 5.42. The molecule has 17 heavy (non-hydrogen) atoms. The van der Waals surface area contributed by atoms with Crippen molar-refractivity contribution < 1.29 is 0 Å². The maximum absolute atomic E-state index is 12.3. The Kier molecular flexibility index (Phi) is 2.82. The van der Waals surface area contributed by atoms with Gasteiger partial charge in [0, 0.05) is 11.7 Å². The van der Waals surface area contributed by atoms with Crippen LogP contribution >= 0.6 is 0 Å². The molecule has 3 heteroatoms. The van der Waals surface area contributed by atoms with Gasteiger partial charge in [-0.2, -0.15) is 5.26 Å². The van der Waals surface area contributed by atoms with E-state index in [1.807, 2.05) is 27.0 Å². The van der Waals surface area contributed by atoms with E-state index in [9.17, 15) is 10.1 Å². The number of aromatic nitrogens is 1. The largest absolute Gasteiger partial charge is 0.309 e. The average molecular weight is 230 g/mol. The highest BCUT2D eigenvalue weighted by atomic mass is 16.1. The van der Waals surface area contributed by atoms with Gasteiger partial charge in [0.25, 0.3) is 5.56 Å². The predicted molar refractivity (Wildman–Crippen MR) is 67.1 cm³/mol. The molecule has 0 N–H and O–H groups in total. The van der Waals surface area contributed by atoms with E-state index in [0.717, 1.165) is 31.2 Å². The van der Waals surface area contributed by atoms with Gasteiger partial charge >= 0.3 is 0 Å². The summed E-state index contributed by atoms with van der Waals surface area (Å²) in [7, 11) is 0. The van der Waals surface area contributed by atoms with Crippen molar-refractivity contribution in [2.75, 3.05) is 0 Å². The third-order valence-electron chi connectivity index (χ3n) is 3.36. The molecule has 0 radical (unpaired) electrons. The summed E-state index contributed by atoms with van der Waals surface area (Å²) < 4.78 is 1.70. The number of hydrogen-bond donors (Lipinski definition) is 0. The van der Waals surface area contributed by atoms with Crippen molar-refractivity contribution in [1.82, 2.24) is 4.57 Å². The summed E-state index contributed by atoms with van der Waals surface area (Å²) in [5, 5.41) is 9.20. The maximum Gasteiger partial charge on any atom is 0.269 e. The van der Waals surface area contributed by atoms with Crippen LogP contribution in [0.1, 0.15) is 50.3 Å². The minimum atomic E-state index is -0.269. The van der Waals surface area contributed by atoms with Crippen LogP contribution in [0, 0.1) is 11.3 Å². The molecule has 1 aromatic heterocycles. The number of nitrogens with zero attached hydrogens (tertiary/aromatic N) is 2. The normalized spacial score (nSPS) is 15.2. The Morgan fingerprint density at radius 1 is 1.29 bits per heavy atom. The van der Waals surface area contributed by atoms with Crippen molar-refractivity contribution in [1.29, 1.82) is 5.26 Å². The first-order valence-corrected chi connectivity index (χ1v) is 6.13. The van der Waals surface area contributed by atoms with Gasteiger partial charge in [-0.1, -0.05) is 0 Å². The van der Waals surface area contributed by atoms with Crippen molar-refractivity contribution in [3.63, 3.8) is 0 Å². The molecule has 0 atom stereocenters. The lowest BCUT2D eigenvalue weighted by Crippen LogP contribution is -2.36. The second-order valence-corrected chi connectivity index (χ2v) is 5.67. The standard InChI is InChI=1S/C14H18N2O/c1-14(2,3)16-9-10-6-4-5-7-11(10)12(8-15)13(16)17/h9H,4-7H2,1-3H3. The van der Waals surface area contributed by atoms with Crippen LogP contribution in [-0.2, 0) is 18.4 Å². The van der Waals surface area contributed by atoms with E-state index in [1.165, 1.54) is 5.56 Å². The summed E-state index contributed by atoms with van der Waals surface area (Å²) in [5.41, 5.74) is 2.12. The van der Waals surface area contributed by atoms with Gasteiger partial charge in [-0.15, -0.1) is 0 Å². The highest BCUT2D eigenvalue weighted by Crippen LogP contribution is 2.24. The molecule has 1 aliphatic carbocycles. The number of hydrogen-bond acceptors (Lipinski definition) is 2. The molecule has 3 nitrogen and oxygen atoms in total. The molecule has 0 saturated carbocycles. The number of nitriles is 1. The average Bonchev–Trinajstić information content (AvgIpc) is 2.27. The fourth-order valence-electron chi connectivity index (χ4n) is 2.43. The van der Waals surface area contributed by atoms with E-state index in [0.29, 0.717) is 5.56 Å². The van der Waals surface area contributed by atoms with Crippen LogP contribution in [0.15, 0.2) is 11.0 Å². The zero-order chi connectivity index (χ0) is 12.6. The summed E-state index contributed by atoms with van der Waals surface area (Å²) >= 11 is 0. The second-order valence-electron chi connectivity index (χ2n) is 5.67. The molecule has 0 amide bonds. The molecular weight excluding hydrogens is 212 g/mol. The van der Waals surface area contributed by atoms with E-state index in [2.05, 4.69) is 6.07 Å². The Hall–Kier alpha value is -1.56. The molecule has 1 heterocycles. The van der Waals surface area contributed by atoms with Crippen LogP contribution in [0.4, 0.5) is 0 Å². The van der Waals surface area contributed by atoms with Crippen molar-refractivity contribution in [2.45, 2.75) is 52.0 Å². The SMILES string of the molecule is CC(C)(C)n1cc2c(c(C#N)c1=O)CCCC2. The van der Waals surface area contributed by atoms with Crippen molar-refractivity contribution in [3.05, 3.63) is 33.2 Å². The smallest absolute Gasteiger partial charge is 0.269 e. The fourth-order valence-corrected chi connectivity index (χ4v) is 2.43. The minimum absolute atomic E-state index is 0.138. The van der Waals surface area contributed by atoms with E-state index in [1.54, 1.807) is 4.57 Å². The van der Waals surface area contributed by atoms with Crippen molar-refractivity contribution in [2.24, 2.45) is 0 Å². The van der Waals surface area contributed by atoms with Crippen LogP contribution < -0.4 is 5.56 Å². The first-order valence-electron chi connectivity index (χ1n) is 6.13. The van der Waals surface area contributed by atoms with Crippen LogP contribution in [0.2, 0.25) is 0 Å². The topological polar surface area (TPSA) is 45.8 Å². The summed E-state index contributed by atoms with van der Waals surface area (Å²) in [6.45, 7) is 5.97. The van der Waals surface area contributed by atoms with Gasteiger partial charge in [0.05, 0.1) is 0 Å². The predicted octanol–water partition coefficient (Wildman–Crippen LogP) is 2.35. The summed E-state index contributed by atoms with van der Waals surface area (Å²) in [4.78, 5) is 12.3. The van der Waals surface area contributed by atoms with Crippen molar-refractivity contribution in [3.8, 4) is 6.07 Å². The molecule has 0 unspecified atom stereocenters. The van der Waals surface area contributed by atoms with Gasteiger partial charge in [0.2, 0.25) is 0 Å². The molecule has 0 aromatic carbocycles. The Bertz CT molecular complexity index is 541. The fraction of sp³-hybridized carbons (Fsp3) is 0.571. The molecular formula is C14H18N2O. The molecule has 1 aliphatic rings. The van der Waals surface area contributed by atoms with Crippen LogP contribution in [0.3, 0.4) is 0 Å². The van der Waals surface area contributed by atoms with E-state index in [-0.39, 0.29) is 11.1 Å². The van der Waals surface area contributed by atoms with Gasteiger partial charge in [-0.05, 0) is 57.6 Å². The van der Waals surface area contributed by atoms with E-state index >= 15 is 0 Å². The van der Waals surface area contributed by atoms with Gasteiger partial charge in [0.15, 0.2) is 0 Å². The molecule has 90 valence electrons. The quantitative estimate of drug-likeness (QED) is 0.686. The minimum Gasteiger partial charge on any atom is -0.309 e. The van der Waals surface area contributed by atoms with Gasteiger partial charge in [-0.3, -0.25) is 4.79 Å². The molecule has 0 bridgehead atoms. The Morgan fingerprint density at radius 2 is 1.94 bits per heavy atom. The lowest BCUT2D eigenvalue weighted by molar-refractivity contribution is 0.380. The summed E-state index contributed by atoms with van der Waals surface area (Å²) in [5.74, 6) is 0. The summed E-state index contributed by atoms with van der Waals surface area (Å²) in [6, 6.07) is 2.10. The van der Waals surface area contributed by atoms with E-state index in [4.69, 9.17) is 0 Å². The summed E-state index contributed by atoms with van der Waals surface area (Å²) in [6.07, 6.45) is 6.05. The van der Waals surface area contributed by atoms with Crippen LogP contribution in [0.25, 0.3) is 0 Å². The lowest BCUT2D eigenvalue weighted by atomic mass is 9.89. The zero-order valence-electron chi connectivity index (χ0n) is 10.7. The third kappa shape index (κ3) is 2.00. The van der Waals surface area contributed by atoms with Crippen molar-refractivity contribution >= 4 is 0 Å². The molecule has 2 rings (SSSR count). The first kappa shape index (κ1) is 11.9. The number of fused-ring (bicyclic) bond motifs is 1. The number of rotatable bonds is 0. The molecule has 1 aromatic rings. The number of pyridine rings is 1. The highest BCUT2D eigenvalue weighted by Gasteiger charge is 2.23. The zero-order valence-corrected chi connectivity index (χ0v) is 10.7. The molecule has 0 spiro atoms. The maximum atomic E-state index is 12.3. The molecule has 0 aliphatic heterocycles. The Morgan fingerprint density at radius 3 is 2.53 bits per heavy atom. The van der Waals surface area contributed by atoms with E-state index < -0.39 is 0 Å². The molecule has 0 fully saturated rings. The van der Waals surface area contributed by atoms with Crippen LogP contribution in [-0.4, -0.2) is 4.57 Å². The second kappa shape index (κ2) is 4.03. The lowest BCUT2D eigenvalue weighted by Gasteiger charge is -2.26. The van der Waals surface area contributed by atoms with Gasteiger partial charge < -0.3 is 4.57 Å². The number of aryl methyl sites for hydroxylation is 1. The van der Waals surface area contributed by atoms with Gasteiger partial charge in [-0.25, -0.2) is 0 Å². The van der Waals surface area contributed by atoms with Gasteiger partial charge in [0.1, 0.15) is 11.6 Å². The van der Waals surface area contributed by atoms with Crippen LogP contribution in [0.5, 0.6) is 0 Å². The Balaban J connectivity index is 2.75. The Labute approximate surface area is 102 Å². The monoisotopic (exact) mass is 230 g/mol.